The Morgan fingerprint density at radius 2 is 2.06 bits per heavy atom. The minimum absolute atomic E-state index is 0.225. The number of nitrogens with one attached hydrogen (secondary N) is 3. The van der Waals surface area contributed by atoms with Crippen molar-refractivity contribution in [3.05, 3.63) is 57.0 Å². The molecule has 0 atom stereocenters. The monoisotopic (exact) mass is 450 g/mol. The van der Waals surface area contributed by atoms with Crippen molar-refractivity contribution in [2.75, 3.05) is 19.5 Å². The molecule has 1 aromatic carbocycles. The van der Waals surface area contributed by atoms with E-state index in [1.54, 1.807) is 31.0 Å². The Kier molecular flexibility index (Phi) is 5.17. The van der Waals surface area contributed by atoms with Crippen LogP contribution < -0.4 is 31.3 Å². The summed E-state index contributed by atoms with van der Waals surface area (Å²) in [5.41, 5.74) is 1.59. The number of hydrogen-bond acceptors (Lipinski definition) is 9. The summed E-state index contributed by atoms with van der Waals surface area (Å²) < 4.78 is 12.2. The topological polar surface area (TPSA) is 155 Å². The number of fused-ring (bicyclic) bond motifs is 1. The summed E-state index contributed by atoms with van der Waals surface area (Å²) in [4.78, 5) is 30.1. The van der Waals surface area contributed by atoms with Gasteiger partial charge in [-0.3, -0.25) is 4.98 Å². The normalized spacial score (nSPS) is 14.7. The second-order valence-electron chi connectivity index (χ2n) is 7.57. The van der Waals surface area contributed by atoms with E-state index in [4.69, 9.17) is 9.47 Å². The van der Waals surface area contributed by atoms with E-state index < -0.39 is 5.69 Å². The van der Waals surface area contributed by atoms with Crippen LogP contribution in [0, 0.1) is 0 Å². The van der Waals surface area contributed by atoms with Crippen LogP contribution >= 0.6 is 0 Å². The van der Waals surface area contributed by atoms with Crippen molar-refractivity contribution in [2.24, 2.45) is 4.99 Å². The van der Waals surface area contributed by atoms with Gasteiger partial charge in [-0.2, -0.15) is 19.6 Å². The van der Waals surface area contributed by atoms with Gasteiger partial charge >= 0.3 is 5.69 Å². The molecule has 3 aromatic heterocycles. The van der Waals surface area contributed by atoms with Crippen molar-refractivity contribution < 1.29 is 14.6 Å². The number of rotatable bonds is 7. The Balaban J connectivity index is 1.54. The Morgan fingerprint density at radius 3 is 2.76 bits per heavy atom. The first kappa shape index (κ1) is 20.5. The third-order valence-electron chi connectivity index (χ3n) is 5.16. The minimum Gasteiger partial charge on any atom is -0.493 e. The van der Waals surface area contributed by atoms with Crippen LogP contribution in [-0.2, 0) is 6.54 Å². The van der Waals surface area contributed by atoms with Gasteiger partial charge in [0.1, 0.15) is 5.69 Å². The molecule has 1 aliphatic rings. The zero-order chi connectivity index (χ0) is 22.9. The van der Waals surface area contributed by atoms with Crippen LogP contribution in [0.25, 0.3) is 11.7 Å². The quantitative estimate of drug-likeness (QED) is 0.309. The maximum absolute atomic E-state index is 11.5. The predicted molar refractivity (Wildman–Crippen MR) is 118 cm³/mol. The van der Waals surface area contributed by atoms with Crippen LogP contribution in [0.4, 0.5) is 5.95 Å². The average molecular weight is 450 g/mol. The van der Waals surface area contributed by atoms with Gasteiger partial charge in [-0.1, -0.05) is 6.07 Å². The molecule has 12 nitrogen and oxygen atoms in total. The van der Waals surface area contributed by atoms with E-state index in [0.717, 1.165) is 18.4 Å². The highest BCUT2D eigenvalue weighted by atomic mass is 16.5. The lowest BCUT2D eigenvalue weighted by Crippen LogP contribution is -2.24. The Labute approximate surface area is 186 Å². The molecule has 1 aliphatic carbocycles. The SMILES string of the molecule is COc1ccc(CNc2nc(=NC3CC3)n3nc/c(=C\c4[nH]c(=O)[nH]c4O)c3n2)cc1OC. The number of anilines is 1. The second-order valence-corrected chi connectivity index (χ2v) is 7.57. The molecule has 0 saturated heterocycles. The standard InChI is InChI=1S/C21H22N8O4/c1-32-15-6-3-11(7-16(15)33-2)9-22-19-26-17-12(8-14-18(30)27-21(31)25-14)10-23-29(17)20(28-19)24-13-4-5-13/h3,6-8,10,13,30H,4-5,9H2,1-2H3,(H,22,24,28)(H2,25,27,31)/b12-8+. The highest BCUT2D eigenvalue weighted by Gasteiger charge is 2.21. The molecule has 5 rings (SSSR count). The number of benzene rings is 1. The van der Waals surface area contributed by atoms with Gasteiger partial charge < -0.3 is 24.9 Å². The molecule has 0 radical (unpaired) electrons. The number of imidazole rings is 1. The average Bonchev–Trinajstić information content (AvgIpc) is 3.45. The van der Waals surface area contributed by atoms with Crippen molar-refractivity contribution in [2.45, 2.75) is 25.4 Å². The summed E-state index contributed by atoms with van der Waals surface area (Å²) in [5, 5.41) is 18.1. The van der Waals surface area contributed by atoms with Gasteiger partial charge in [-0.05, 0) is 36.6 Å². The highest BCUT2D eigenvalue weighted by Crippen LogP contribution is 2.27. The van der Waals surface area contributed by atoms with Crippen molar-refractivity contribution in [1.29, 1.82) is 0 Å². The number of aromatic nitrogens is 6. The largest absolute Gasteiger partial charge is 0.493 e. The van der Waals surface area contributed by atoms with Crippen LogP contribution in [0.2, 0.25) is 0 Å². The molecule has 170 valence electrons. The molecular weight excluding hydrogens is 428 g/mol. The zero-order valence-corrected chi connectivity index (χ0v) is 18.0. The molecule has 12 heteroatoms. The summed E-state index contributed by atoms with van der Waals surface area (Å²) in [6.45, 7) is 0.443. The number of ether oxygens (including phenoxy) is 2. The molecule has 1 saturated carbocycles. The fraction of sp³-hybridized carbons (Fsp3) is 0.286. The Bertz CT molecular complexity index is 1500. The molecule has 4 aromatic rings. The molecule has 0 aliphatic heterocycles. The first-order valence-corrected chi connectivity index (χ1v) is 10.3. The lowest BCUT2D eigenvalue weighted by atomic mass is 10.2. The van der Waals surface area contributed by atoms with E-state index in [0.29, 0.717) is 40.5 Å². The number of nitrogens with zero attached hydrogens (tertiary/aromatic N) is 5. The van der Waals surface area contributed by atoms with Crippen LogP contribution in [0.1, 0.15) is 24.1 Å². The minimum atomic E-state index is -0.508. The summed E-state index contributed by atoms with van der Waals surface area (Å²) in [7, 11) is 3.18. The van der Waals surface area contributed by atoms with Crippen LogP contribution in [0.3, 0.4) is 0 Å². The van der Waals surface area contributed by atoms with E-state index in [1.807, 2.05) is 18.2 Å². The summed E-state index contributed by atoms with van der Waals surface area (Å²) >= 11 is 0. The molecule has 33 heavy (non-hydrogen) atoms. The lowest BCUT2D eigenvalue weighted by Gasteiger charge is -2.10. The van der Waals surface area contributed by atoms with Gasteiger partial charge in [0.25, 0.3) is 5.62 Å². The predicted octanol–water partition coefficient (Wildman–Crippen LogP) is 0.0864. The third kappa shape index (κ3) is 4.22. The second kappa shape index (κ2) is 8.30. The van der Waals surface area contributed by atoms with Gasteiger partial charge in [-0.15, -0.1) is 0 Å². The van der Waals surface area contributed by atoms with E-state index in [1.165, 1.54) is 0 Å². The van der Waals surface area contributed by atoms with Gasteiger partial charge in [0.15, 0.2) is 17.1 Å². The summed E-state index contributed by atoms with van der Waals surface area (Å²) in [6.07, 6.45) is 5.19. The molecule has 4 N–H and O–H groups in total. The van der Waals surface area contributed by atoms with E-state index in [-0.39, 0.29) is 17.6 Å². The summed E-state index contributed by atoms with van der Waals surface area (Å²) in [5.74, 6) is 1.39. The smallest absolute Gasteiger partial charge is 0.326 e. The van der Waals surface area contributed by atoms with Crippen molar-refractivity contribution in [3.63, 3.8) is 0 Å². The van der Waals surface area contributed by atoms with Gasteiger partial charge in [0.05, 0.1) is 26.5 Å². The zero-order valence-electron chi connectivity index (χ0n) is 18.0. The maximum Gasteiger partial charge on any atom is 0.326 e. The molecule has 0 unspecified atom stereocenters. The maximum atomic E-state index is 11.5. The molecule has 0 spiro atoms. The van der Waals surface area contributed by atoms with Crippen LogP contribution in [0.15, 0.2) is 34.2 Å². The number of H-pyrrole nitrogens is 2. The van der Waals surface area contributed by atoms with Gasteiger partial charge in [-0.25, -0.2) is 9.79 Å². The fourth-order valence-electron chi connectivity index (χ4n) is 3.33. The molecule has 0 bridgehead atoms. The number of aromatic amines is 2. The number of aromatic hydroxyl groups is 1. The van der Waals surface area contributed by atoms with Crippen molar-refractivity contribution >= 4 is 17.7 Å². The number of methoxy groups -OCH3 is 2. The molecule has 1 fully saturated rings. The first-order chi connectivity index (χ1) is 16.0. The van der Waals surface area contributed by atoms with Gasteiger partial charge in [0, 0.05) is 11.8 Å². The van der Waals surface area contributed by atoms with E-state index in [9.17, 15) is 9.90 Å². The van der Waals surface area contributed by atoms with Crippen molar-refractivity contribution in [1.82, 2.24) is 29.5 Å². The van der Waals surface area contributed by atoms with E-state index in [2.05, 4.69) is 35.3 Å². The molecule has 3 heterocycles. The van der Waals surface area contributed by atoms with E-state index >= 15 is 0 Å². The Morgan fingerprint density at radius 1 is 1.24 bits per heavy atom. The Hall–Kier alpha value is -4.35. The summed E-state index contributed by atoms with van der Waals surface area (Å²) in [6, 6.07) is 5.86. The van der Waals surface area contributed by atoms with Crippen LogP contribution in [-0.4, -0.2) is 54.9 Å². The first-order valence-electron chi connectivity index (χ1n) is 10.3. The molecular formula is C21H22N8O4. The lowest BCUT2D eigenvalue weighted by molar-refractivity contribution is 0.354. The van der Waals surface area contributed by atoms with Crippen LogP contribution in [0.5, 0.6) is 17.4 Å². The number of hydrogen-bond donors (Lipinski definition) is 4. The fourth-order valence-corrected chi connectivity index (χ4v) is 3.33. The highest BCUT2D eigenvalue weighted by molar-refractivity contribution is 5.57. The van der Waals surface area contributed by atoms with Gasteiger partial charge in [0.2, 0.25) is 11.8 Å². The molecule has 0 amide bonds. The third-order valence-corrected chi connectivity index (χ3v) is 5.16. The van der Waals surface area contributed by atoms with Crippen molar-refractivity contribution in [3.8, 4) is 17.4 Å².